The van der Waals surface area contributed by atoms with Gasteiger partial charge in [0.2, 0.25) is 10.0 Å². The van der Waals surface area contributed by atoms with Crippen LogP contribution < -0.4 is 9.86 Å². The number of rotatable bonds is 5. The van der Waals surface area contributed by atoms with Crippen LogP contribution in [0.1, 0.15) is 5.56 Å². The molecule has 0 aliphatic rings. The van der Waals surface area contributed by atoms with Crippen molar-refractivity contribution in [2.45, 2.75) is 4.90 Å². The molecule has 0 bridgehead atoms. The van der Waals surface area contributed by atoms with E-state index in [0.29, 0.717) is 0 Å². The molecule has 0 spiro atoms. The third-order valence-corrected chi connectivity index (χ3v) is 4.75. The monoisotopic (exact) mass is 356 g/mol. The van der Waals surface area contributed by atoms with E-state index in [1.165, 1.54) is 42.5 Å². The van der Waals surface area contributed by atoms with Crippen LogP contribution in [0.5, 0.6) is 0 Å². The first kappa shape index (κ1) is 17.1. The summed E-state index contributed by atoms with van der Waals surface area (Å²) < 4.78 is 62.4. The maximum Gasteiger partial charge on any atom is 0.255 e. The third-order valence-electron chi connectivity index (χ3n) is 2.78. The van der Waals surface area contributed by atoms with Crippen LogP contribution in [-0.4, -0.2) is 16.8 Å². The van der Waals surface area contributed by atoms with Gasteiger partial charge in [-0.25, -0.2) is 26.4 Å². The van der Waals surface area contributed by atoms with E-state index in [2.05, 4.69) is 4.72 Å². The highest BCUT2D eigenvalue weighted by Crippen LogP contribution is 2.21. The molecular formula is C14H13FN2O4S2. The van der Waals surface area contributed by atoms with Gasteiger partial charge in [-0.05, 0) is 24.3 Å². The van der Waals surface area contributed by atoms with E-state index in [4.69, 9.17) is 5.14 Å². The van der Waals surface area contributed by atoms with Crippen molar-refractivity contribution in [2.24, 2.45) is 5.14 Å². The van der Waals surface area contributed by atoms with Crippen molar-refractivity contribution >= 4 is 31.8 Å². The van der Waals surface area contributed by atoms with Gasteiger partial charge in [-0.1, -0.05) is 30.3 Å². The van der Waals surface area contributed by atoms with Gasteiger partial charge in [0.25, 0.3) is 10.0 Å². The molecule has 0 atom stereocenters. The number of benzene rings is 2. The summed E-state index contributed by atoms with van der Waals surface area (Å²) in [6.07, 6.45) is 1.07. The van der Waals surface area contributed by atoms with Crippen LogP contribution in [0.2, 0.25) is 0 Å². The Kier molecular flexibility index (Phi) is 4.83. The van der Waals surface area contributed by atoms with Gasteiger partial charge in [0.05, 0.1) is 11.1 Å². The molecule has 2 aromatic carbocycles. The predicted octanol–water partition coefficient (Wildman–Crippen LogP) is 1.89. The number of halogens is 1. The Morgan fingerprint density at radius 3 is 2.22 bits per heavy atom. The molecule has 6 nitrogen and oxygen atoms in total. The van der Waals surface area contributed by atoms with Gasteiger partial charge in [-0.15, -0.1) is 0 Å². The summed E-state index contributed by atoms with van der Waals surface area (Å²) in [5.41, 5.74) is -0.106. The Balaban J connectivity index is 2.32. The highest BCUT2D eigenvalue weighted by atomic mass is 32.2. The van der Waals surface area contributed by atoms with Crippen LogP contribution >= 0.6 is 0 Å². The van der Waals surface area contributed by atoms with Crippen LogP contribution in [0.3, 0.4) is 0 Å². The molecule has 3 N–H and O–H groups in total. The number of hydrogen-bond acceptors (Lipinski definition) is 4. The van der Waals surface area contributed by atoms with Gasteiger partial charge in [0.1, 0.15) is 10.7 Å². The zero-order chi connectivity index (χ0) is 17.1. The maximum absolute atomic E-state index is 13.4. The number of anilines is 1. The molecule has 122 valence electrons. The topological polar surface area (TPSA) is 106 Å². The van der Waals surface area contributed by atoms with E-state index in [1.807, 2.05) is 0 Å². The Hall–Kier alpha value is -2.23. The van der Waals surface area contributed by atoms with E-state index in [0.717, 1.165) is 11.5 Å². The van der Waals surface area contributed by atoms with Crippen molar-refractivity contribution in [1.82, 2.24) is 0 Å². The Labute approximate surface area is 133 Å². The van der Waals surface area contributed by atoms with Gasteiger partial charge in [0.15, 0.2) is 0 Å². The van der Waals surface area contributed by atoms with Crippen molar-refractivity contribution < 1.29 is 21.2 Å². The Bertz CT molecular complexity index is 954. The van der Waals surface area contributed by atoms with Gasteiger partial charge >= 0.3 is 0 Å². The summed E-state index contributed by atoms with van der Waals surface area (Å²) in [5.74, 6) is -0.580. The largest absolute Gasteiger partial charge is 0.279 e. The molecule has 0 unspecified atom stereocenters. The van der Waals surface area contributed by atoms with Crippen LogP contribution in [0, 0.1) is 5.82 Å². The molecule has 0 aromatic heterocycles. The zero-order valence-corrected chi connectivity index (χ0v) is 13.3. The van der Waals surface area contributed by atoms with Gasteiger partial charge in [-0.3, -0.25) is 4.72 Å². The second-order valence-electron chi connectivity index (χ2n) is 4.51. The fraction of sp³-hybridized carbons (Fsp3) is 0. The van der Waals surface area contributed by atoms with Crippen molar-refractivity contribution in [3.8, 4) is 0 Å². The summed E-state index contributed by atoms with van der Waals surface area (Å²) in [5, 5.41) is 5.77. The van der Waals surface area contributed by atoms with E-state index < -0.39 is 25.9 Å². The van der Waals surface area contributed by atoms with E-state index >= 15 is 0 Å². The van der Waals surface area contributed by atoms with Crippen LogP contribution in [0.15, 0.2) is 58.8 Å². The molecule has 0 amide bonds. The molecule has 0 fully saturated rings. The summed E-state index contributed by atoms with van der Waals surface area (Å²) in [6, 6.07) is 10.9. The molecule has 0 saturated carbocycles. The third kappa shape index (κ3) is 4.62. The minimum atomic E-state index is -4.09. The normalized spacial score (nSPS) is 12.4. The van der Waals surface area contributed by atoms with Crippen LogP contribution in [-0.2, 0) is 20.0 Å². The molecule has 0 heterocycles. The van der Waals surface area contributed by atoms with Crippen molar-refractivity contribution in [3.63, 3.8) is 0 Å². The molecule has 0 radical (unpaired) electrons. The van der Waals surface area contributed by atoms with Gasteiger partial charge in [-0.2, -0.15) is 0 Å². The van der Waals surface area contributed by atoms with E-state index in [9.17, 15) is 21.2 Å². The Morgan fingerprint density at radius 1 is 0.957 bits per heavy atom. The first-order valence-corrected chi connectivity index (χ1v) is 9.35. The van der Waals surface area contributed by atoms with Gasteiger partial charge < -0.3 is 0 Å². The fourth-order valence-electron chi connectivity index (χ4n) is 1.76. The molecule has 0 aliphatic heterocycles. The predicted molar refractivity (Wildman–Crippen MR) is 85.8 cm³/mol. The number of para-hydroxylation sites is 1. The first-order valence-electron chi connectivity index (χ1n) is 6.26. The summed E-state index contributed by atoms with van der Waals surface area (Å²) in [6.45, 7) is 0. The quantitative estimate of drug-likeness (QED) is 0.853. The standard InChI is InChI=1S/C14H13FN2O4S2/c15-12-6-2-1-5-11(12)9-10-22(18,19)17-13-7-3-4-8-14(13)23(16,20)21/h1-10,17H,(H2,16,20,21)/b10-9+. The number of hydrogen-bond donors (Lipinski definition) is 2. The number of primary sulfonamides is 1. The smallest absolute Gasteiger partial charge is 0.255 e. The lowest BCUT2D eigenvalue weighted by Crippen LogP contribution is -2.17. The molecule has 9 heteroatoms. The number of nitrogens with one attached hydrogen (secondary N) is 1. The SMILES string of the molecule is NS(=O)(=O)c1ccccc1NS(=O)(=O)/C=C/c1ccccc1F. The fourth-order valence-corrected chi connectivity index (χ4v) is 3.40. The lowest BCUT2D eigenvalue weighted by Gasteiger charge is -2.08. The second-order valence-corrected chi connectivity index (χ2v) is 7.61. The molecule has 2 aromatic rings. The molecule has 2 rings (SSSR count). The lowest BCUT2D eigenvalue weighted by molar-refractivity contribution is 0.598. The molecular weight excluding hydrogens is 343 g/mol. The van der Waals surface area contributed by atoms with Crippen molar-refractivity contribution in [2.75, 3.05) is 4.72 Å². The zero-order valence-electron chi connectivity index (χ0n) is 11.7. The minimum Gasteiger partial charge on any atom is -0.279 e. The highest BCUT2D eigenvalue weighted by Gasteiger charge is 2.16. The van der Waals surface area contributed by atoms with Crippen LogP contribution in [0.25, 0.3) is 6.08 Å². The maximum atomic E-state index is 13.4. The van der Waals surface area contributed by atoms with Crippen molar-refractivity contribution in [3.05, 3.63) is 65.3 Å². The van der Waals surface area contributed by atoms with Gasteiger partial charge in [0, 0.05) is 5.56 Å². The highest BCUT2D eigenvalue weighted by molar-refractivity contribution is 7.95. The average Bonchev–Trinajstić information content (AvgIpc) is 2.45. The van der Waals surface area contributed by atoms with E-state index in [1.54, 1.807) is 6.07 Å². The Morgan fingerprint density at radius 2 is 1.57 bits per heavy atom. The first-order chi connectivity index (χ1) is 10.7. The molecule has 0 saturated heterocycles. The molecule has 23 heavy (non-hydrogen) atoms. The van der Waals surface area contributed by atoms with Crippen LogP contribution in [0.4, 0.5) is 10.1 Å². The average molecular weight is 356 g/mol. The summed E-state index contributed by atoms with van der Waals surface area (Å²) in [4.78, 5) is -0.358. The molecule has 0 aliphatic carbocycles. The lowest BCUT2D eigenvalue weighted by atomic mass is 10.2. The summed E-state index contributed by atoms with van der Waals surface area (Å²) in [7, 11) is -8.14. The summed E-state index contributed by atoms with van der Waals surface area (Å²) >= 11 is 0. The van der Waals surface area contributed by atoms with E-state index in [-0.39, 0.29) is 16.1 Å². The minimum absolute atomic E-state index is 0.0811. The number of sulfonamides is 2. The number of nitrogens with two attached hydrogens (primary N) is 1. The second kappa shape index (κ2) is 6.49. The van der Waals surface area contributed by atoms with Crippen molar-refractivity contribution in [1.29, 1.82) is 0 Å².